The van der Waals surface area contributed by atoms with Gasteiger partial charge in [0.2, 0.25) is 0 Å². The Morgan fingerprint density at radius 1 is 1.09 bits per heavy atom. The van der Waals surface area contributed by atoms with Gasteiger partial charge in [-0.05, 0) is 67.5 Å². The number of amides is 1. The summed E-state index contributed by atoms with van der Waals surface area (Å²) in [7, 11) is 0. The van der Waals surface area contributed by atoms with E-state index in [0.29, 0.717) is 55.7 Å². The molecule has 0 aromatic heterocycles. The number of para-hydroxylation sites is 1. The molecule has 0 saturated heterocycles. The molecule has 1 aliphatic rings. The summed E-state index contributed by atoms with van der Waals surface area (Å²) in [6, 6.07) is 17.3. The Morgan fingerprint density at radius 2 is 1.79 bits per heavy atom. The second-order valence-electron chi connectivity index (χ2n) is 9.14. The summed E-state index contributed by atoms with van der Waals surface area (Å²) in [5, 5.41) is 11.0. The molecule has 0 aliphatic carbocycles. The van der Waals surface area contributed by atoms with Gasteiger partial charge in [-0.2, -0.15) is 5.10 Å². The zero-order valence-electron chi connectivity index (χ0n) is 23.1. The molecule has 1 heterocycles. The average molecular weight is 706 g/mol. The Morgan fingerprint density at radius 3 is 2.49 bits per heavy atom. The molecule has 0 saturated carbocycles. The number of nitrogens with zero attached hydrogens (tertiary/aromatic N) is 1. The van der Waals surface area contributed by atoms with E-state index in [2.05, 4.69) is 37.1 Å². The smallest absolute Gasteiger partial charge is 0.338 e. The maximum absolute atomic E-state index is 12.7. The third-order valence-electron chi connectivity index (χ3n) is 6.07. The molecule has 3 aromatic carbocycles. The van der Waals surface area contributed by atoms with Gasteiger partial charge in [0, 0.05) is 15.7 Å². The molecule has 0 unspecified atom stereocenters. The fourth-order valence-corrected chi connectivity index (χ4v) is 5.29. The molecule has 0 fully saturated rings. The highest BCUT2D eigenvalue weighted by Gasteiger charge is 2.32. The van der Waals surface area contributed by atoms with E-state index in [1.807, 2.05) is 24.3 Å². The van der Waals surface area contributed by atoms with Gasteiger partial charge in [-0.1, -0.05) is 69.5 Å². The van der Waals surface area contributed by atoms with E-state index in [9.17, 15) is 9.59 Å². The Bertz CT molecular complexity index is 1560. The molecular weight excluding hydrogens is 679 g/mol. The molecule has 1 atom stereocenters. The Kier molecular flexibility index (Phi) is 11.4. The number of rotatable bonds is 11. The minimum Gasteiger partial charge on any atom is -0.486 e. The maximum atomic E-state index is 12.7. The van der Waals surface area contributed by atoms with Crippen molar-refractivity contribution in [1.29, 1.82) is 0 Å². The van der Waals surface area contributed by atoms with Gasteiger partial charge in [0.15, 0.2) is 17.5 Å². The van der Waals surface area contributed by atoms with Crippen LogP contribution < -0.4 is 25.5 Å². The van der Waals surface area contributed by atoms with E-state index in [1.165, 1.54) is 6.21 Å². The first-order chi connectivity index (χ1) is 20.7. The molecular formula is C30H27BrCl2N4O5S. The minimum absolute atomic E-state index is 0.217. The van der Waals surface area contributed by atoms with Crippen LogP contribution in [0, 0.1) is 0 Å². The fraction of sp³-hybridized carbons (Fsp3) is 0.200. The third-order valence-corrected chi connectivity index (χ3v) is 7.38. The molecule has 3 N–H and O–H groups in total. The standard InChI is InChI=1S/C30H27BrCl2N4O5S/c1-3-40-29(39)26-17(2)35-30(43)36-27(26)21-6-4-5-7-24(21)41-16-25(38)37-34-14-19-12-22(32)28(23(33)13-19)42-15-18-8-10-20(31)11-9-18/h4-14,27H,3,15-16H2,1-2H3,(H,37,38)(H2,35,36,43)/t27-/m1/s1. The first-order valence-electron chi connectivity index (χ1n) is 13.0. The number of carbonyl (C=O) groups excluding carboxylic acids is 2. The molecule has 0 spiro atoms. The second-order valence-corrected chi connectivity index (χ2v) is 11.3. The first-order valence-corrected chi connectivity index (χ1v) is 15.0. The number of nitrogens with one attached hydrogen (secondary N) is 3. The zero-order valence-corrected chi connectivity index (χ0v) is 27.0. The van der Waals surface area contributed by atoms with Crippen molar-refractivity contribution in [3.8, 4) is 11.5 Å². The number of carbonyl (C=O) groups is 2. The van der Waals surface area contributed by atoms with Crippen LogP contribution in [0.3, 0.4) is 0 Å². The Labute approximate surface area is 272 Å². The number of esters is 1. The van der Waals surface area contributed by atoms with Gasteiger partial charge >= 0.3 is 5.97 Å². The first kappa shape index (κ1) is 32.3. The van der Waals surface area contributed by atoms with E-state index >= 15 is 0 Å². The van der Waals surface area contributed by atoms with Crippen LogP contribution in [-0.2, 0) is 20.9 Å². The highest BCUT2D eigenvalue weighted by Crippen LogP contribution is 2.35. The van der Waals surface area contributed by atoms with Crippen LogP contribution in [0.4, 0.5) is 0 Å². The van der Waals surface area contributed by atoms with Crippen molar-refractivity contribution in [3.63, 3.8) is 0 Å². The quantitative estimate of drug-likeness (QED) is 0.0934. The predicted molar refractivity (Wildman–Crippen MR) is 174 cm³/mol. The van der Waals surface area contributed by atoms with Gasteiger partial charge in [0.25, 0.3) is 5.91 Å². The van der Waals surface area contributed by atoms with Crippen LogP contribution in [0.2, 0.25) is 10.0 Å². The van der Waals surface area contributed by atoms with Crippen LogP contribution in [0.15, 0.2) is 81.5 Å². The van der Waals surface area contributed by atoms with E-state index < -0.39 is 17.9 Å². The number of allylic oxidation sites excluding steroid dienone is 1. The summed E-state index contributed by atoms with van der Waals surface area (Å²) in [6.07, 6.45) is 1.40. The topological polar surface area (TPSA) is 110 Å². The molecule has 9 nitrogen and oxygen atoms in total. The SMILES string of the molecule is CCOC(=O)C1=C(C)NC(=S)N[C@@H]1c1ccccc1OCC(=O)NN=Cc1cc(Cl)c(OCc2ccc(Br)cc2)c(Cl)c1. The van der Waals surface area contributed by atoms with Crippen LogP contribution >= 0.6 is 51.3 Å². The lowest BCUT2D eigenvalue weighted by Crippen LogP contribution is -2.45. The Hall–Kier alpha value is -3.64. The summed E-state index contributed by atoms with van der Waals surface area (Å²) in [5.41, 5.74) is 5.47. The van der Waals surface area contributed by atoms with Crippen LogP contribution in [0.5, 0.6) is 11.5 Å². The summed E-state index contributed by atoms with van der Waals surface area (Å²) < 4.78 is 17.8. The highest BCUT2D eigenvalue weighted by molar-refractivity contribution is 9.10. The van der Waals surface area contributed by atoms with E-state index in [-0.39, 0.29) is 13.2 Å². The maximum Gasteiger partial charge on any atom is 0.338 e. The van der Waals surface area contributed by atoms with Gasteiger partial charge in [-0.3, -0.25) is 4.79 Å². The molecule has 0 bridgehead atoms. The molecule has 43 heavy (non-hydrogen) atoms. The Balaban J connectivity index is 1.37. The molecule has 3 aromatic rings. The molecule has 224 valence electrons. The number of halogens is 3. The summed E-state index contributed by atoms with van der Waals surface area (Å²) in [5.74, 6) is -0.266. The van der Waals surface area contributed by atoms with Crippen molar-refractivity contribution in [1.82, 2.24) is 16.1 Å². The lowest BCUT2D eigenvalue weighted by Gasteiger charge is -2.30. The number of hydrazone groups is 1. The third kappa shape index (κ3) is 8.70. The largest absolute Gasteiger partial charge is 0.486 e. The number of benzene rings is 3. The number of thiocarbonyl (C=S) groups is 1. The molecule has 1 aliphatic heterocycles. The van der Waals surface area contributed by atoms with Gasteiger partial charge in [0.1, 0.15) is 12.4 Å². The lowest BCUT2D eigenvalue weighted by atomic mass is 9.95. The average Bonchev–Trinajstić information content (AvgIpc) is 2.96. The van der Waals surface area contributed by atoms with Crippen molar-refractivity contribution in [2.75, 3.05) is 13.2 Å². The summed E-state index contributed by atoms with van der Waals surface area (Å²) in [6.45, 7) is 3.64. The van der Waals surface area contributed by atoms with E-state index in [4.69, 9.17) is 49.6 Å². The summed E-state index contributed by atoms with van der Waals surface area (Å²) in [4.78, 5) is 25.3. The van der Waals surface area contributed by atoms with E-state index in [1.54, 1.807) is 50.2 Å². The second kappa shape index (κ2) is 15.2. The van der Waals surface area contributed by atoms with Crippen LogP contribution in [0.1, 0.15) is 36.6 Å². The van der Waals surface area contributed by atoms with Crippen molar-refractivity contribution in [2.24, 2.45) is 5.10 Å². The lowest BCUT2D eigenvalue weighted by molar-refractivity contribution is -0.139. The number of hydrogen-bond donors (Lipinski definition) is 3. The van der Waals surface area contributed by atoms with E-state index in [0.717, 1.165) is 10.0 Å². The predicted octanol–water partition coefficient (Wildman–Crippen LogP) is 6.22. The van der Waals surface area contributed by atoms with Crippen LogP contribution in [-0.4, -0.2) is 36.4 Å². The zero-order chi connectivity index (χ0) is 30.9. The van der Waals surface area contributed by atoms with Gasteiger partial charge in [-0.25, -0.2) is 10.2 Å². The van der Waals surface area contributed by atoms with Crippen molar-refractivity contribution < 1.29 is 23.8 Å². The fourth-order valence-electron chi connectivity index (χ4n) is 4.14. The van der Waals surface area contributed by atoms with Crippen LogP contribution in [0.25, 0.3) is 0 Å². The molecule has 4 rings (SSSR count). The molecule has 0 radical (unpaired) electrons. The number of ether oxygens (including phenoxy) is 3. The van der Waals surface area contributed by atoms with Gasteiger partial charge < -0.3 is 24.8 Å². The van der Waals surface area contributed by atoms with Gasteiger partial charge in [0.05, 0.1) is 34.5 Å². The molecule has 1 amide bonds. The van der Waals surface area contributed by atoms with Gasteiger partial charge in [-0.15, -0.1) is 0 Å². The number of hydrogen-bond acceptors (Lipinski definition) is 7. The van der Waals surface area contributed by atoms with Crippen molar-refractivity contribution >= 4 is 74.6 Å². The summed E-state index contributed by atoms with van der Waals surface area (Å²) >= 11 is 21.5. The van der Waals surface area contributed by atoms with Crippen molar-refractivity contribution in [3.05, 3.63) is 103 Å². The van der Waals surface area contributed by atoms with Crippen molar-refractivity contribution in [2.45, 2.75) is 26.5 Å². The monoisotopic (exact) mass is 704 g/mol. The molecule has 13 heteroatoms. The minimum atomic E-state index is -0.638. The highest BCUT2D eigenvalue weighted by atomic mass is 79.9. The normalized spacial score (nSPS) is 14.6.